The molecule has 1 heterocycles. The van der Waals surface area contributed by atoms with Crippen LogP contribution in [0.1, 0.15) is 56.2 Å². The lowest BCUT2D eigenvalue weighted by molar-refractivity contribution is -0.153. The minimum Gasteiger partial charge on any atom is -0.507 e. The van der Waals surface area contributed by atoms with Crippen LogP contribution in [0.25, 0.3) is 0 Å². The number of likely N-dealkylation sites (tertiary alicyclic amines) is 1. The first kappa shape index (κ1) is 29.1. The summed E-state index contributed by atoms with van der Waals surface area (Å²) in [6, 6.07) is 10.7. The van der Waals surface area contributed by atoms with E-state index in [0.717, 1.165) is 27.6 Å². The summed E-state index contributed by atoms with van der Waals surface area (Å²) in [6.45, 7) is 5.78. The van der Waals surface area contributed by atoms with Gasteiger partial charge in [0, 0.05) is 18.7 Å². The second-order valence-corrected chi connectivity index (χ2v) is 11.5. The number of nitrogens with zero attached hydrogens (tertiary/aromatic N) is 2. The maximum atomic E-state index is 13.8. The molecular weight excluding hydrogens is 508 g/mol. The minimum absolute atomic E-state index is 0.0449. The van der Waals surface area contributed by atoms with Crippen molar-refractivity contribution >= 4 is 27.7 Å². The van der Waals surface area contributed by atoms with Crippen LogP contribution in [0.3, 0.4) is 0 Å². The zero-order valence-corrected chi connectivity index (χ0v) is 22.8. The summed E-state index contributed by atoms with van der Waals surface area (Å²) in [5.41, 5.74) is 7.70. The molecule has 0 aromatic heterocycles. The maximum absolute atomic E-state index is 13.8. The van der Waals surface area contributed by atoms with Crippen molar-refractivity contribution in [2.75, 3.05) is 26.2 Å². The molecule has 11 heteroatoms. The Kier molecular flexibility index (Phi) is 9.50. The molecule has 3 rings (SSSR count). The van der Waals surface area contributed by atoms with Gasteiger partial charge in [-0.2, -0.15) is 4.31 Å². The van der Waals surface area contributed by atoms with E-state index in [1.54, 1.807) is 6.92 Å². The summed E-state index contributed by atoms with van der Waals surface area (Å²) >= 11 is 0. The summed E-state index contributed by atoms with van der Waals surface area (Å²) in [7, 11) is -4.38. The van der Waals surface area contributed by atoms with E-state index < -0.39 is 45.1 Å². The quantitative estimate of drug-likeness (QED) is 0.223. The van der Waals surface area contributed by atoms with Crippen molar-refractivity contribution in [2.24, 2.45) is 5.73 Å². The molecule has 0 spiro atoms. The molecule has 38 heavy (non-hydrogen) atoms. The molecule has 206 valence electrons. The van der Waals surface area contributed by atoms with Crippen molar-refractivity contribution in [1.82, 2.24) is 9.21 Å². The highest BCUT2D eigenvalue weighted by molar-refractivity contribution is 7.89. The first-order chi connectivity index (χ1) is 17.9. The monoisotopic (exact) mass is 544 g/mol. The molecule has 0 radical (unpaired) electrons. The van der Waals surface area contributed by atoms with Crippen molar-refractivity contribution in [3.05, 3.63) is 59.2 Å². The van der Waals surface area contributed by atoms with Crippen molar-refractivity contribution in [2.45, 2.75) is 56.9 Å². The molecule has 1 amide bonds. The summed E-state index contributed by atoms with van der Waals surface area (Å²) in [6.07, 6.45) is 1.37. The Morgan fingerprint density at radius 2 is 1.89 bits per heavy atom. The van der Waals surface area contributed by atoms with Gasteiger partial charge in [0.05, 0.1) is 13.2 Å². The number of esters is 1. The number of rotatable bonds is 11. The van der Waals surface area contributed by atoms with E-state index in [2.05, 4.69) is 13.8 Å². The fourth-order valence-electron chi connectivity index (χ4n) is 4.42. The summed E-state index contributed by atoms with van der Waals surface area (Å²) in [5, 5.41) is 18.1. The van der Waals surface area contributed by atoms with Crippen LogP contribution >= 0.6 is 0 Å². The van der Waals surface area contributed by atoms with Gasteiger partial charge in [0.15, 0.2) is 0 Å². The number of hydrogen-bond acceptors (Lipinski definition) is 7. The second kappa shape index (κ2) is 12.4. The number of amides is 1. The fraction of sp³-hybridized carbons (Fsp3) is 0.444. The lowest BCUT2D eigenvalue weighted by Gasteiger charge is -2.28. The van der Waals surface area contributed by atoms with Gasteiger partial charge in [-0.25, -0.2) is 13.2 Å². The number of aromatic hydroxyl groups is 1. The molecular formula is C27H36N4O6S. The number of sulfonamides is 1. The fourth-order valence-corrected chi connectivity index (χ4v) is 5.92. The first-order valence-electron chi connectivity index (χ1n) is 12.7. The van der Waals surface area contributed by atoms with Crippen molar-refractivity contribution in [3.8, 4) is 5.75 Å². The third-order valence-electron chi connectivity index (χ3n) is 6.63. The van der Waals surface area contributed by atoms with Crippen LogP contribution in [0, 0.1) is 5.41 Å². The number of nitrogen functional groups attached to an aromatic ring is 1. The van der Waals surface area contributed by atoms with Gasteiger partial charge < -0.3 is 20.5 Å². The van der Waals surface area contributed by atoms with E-state index in [1.165, 1.54) is 11.0 Å². The van der Waals surface area contributed by atoms with Gasteiger partial charge >= 0.3 is 5.97 Å². The van der Waals surface area contributed by atoms with Gasteiger partial charge in [-0.05, 0) is 61.4 Å². The first-order valence-corrected chi connectivity index (χ1v) is 14.1. The van der Waals surface area contributed by atoms with E-state index >= 15 is 0 Å². The number of benzene rings is 2. The number of amidine groups is 1. The number of nitrogens with one attached hydrogen (secondary N) is 1. The molecule has 0 saturated carbocycles. The van der Waals surface area contributed by atoms with Crippen LogP contribution in [0.2, 0.25) is 0 Å². The predicted molar refractivity (Wildman–Crippen MR) is 143 cm³/mol. The number of ether oxygens (including phenoxy) is 1. The molecule has 2 aromatic rings. The SMILES string of the molecule is CCOC(=O)[C@@H]1CCCN1C(=O)CN(CCc1ccc(C(C)C)cc1)S(=O)(=O)c1cc(C(=N)N)ccc1O. The van der Waals surface area contributed by atoms with Crippen molar-refractivity contribution in [3.63, 3.8) is 0 Å². The standard InChI is InChI=1S/C27H36N4O6S/c1-4-37-27(34)22-6-5-14-31(22)25(33)17-30(15-13-19-7-9-20(10-8-19)18(2)3)38(35,36)24-16-21(26(28)29)11-12-23(24)32/h7-12,16,18,22,32H,4-6,13-15,17H2,1-3H3,(H3,28,29)/t22-/m0/s1. The molecule has 1 atom stereocenters. The number of nitrogens with two attached hydrogens (primary N) is 1. The van der Waals surface area contributed by atoms with Crippen molar-refractivity contribution < 1.29 is 27.9 Å². The van der Waals surface area contributed by atoms with E-state index in [4.69, 9.17) is 15.9 Å². The molecule has 1 aliphatic rings. The maximum Gasteiger partial charge on any atom is 0.328 e. The van der Waals surface area contributed by atoms with Gasteiger partial charge in [0.25, 0.3) is 0 Å². The van der Waals surface area contributed by atoms with Gasteiger partial charge in [0.1, 0.15) is 22.5 Å². The second-order valence-electron chi connectivity index (χ2n) is 9.58. The van der Waals surface area contributed by atoms with Crippen LogP contribution in [-0.4, -0.2) is 72.7 Å². The highest BCUT2D eigenvalue weighted by Gasteiger charge is 2.38. The average molecular weight is 545 g/mol. The largest absolute Gasteiger partial charge is 0.507 e. The number of carbonyl (C=O) groups excluding carboxylic acids is 2. The Balaban J connectivity index is 1.92. The van der Waals surface area contributed by atoms with Crippen LogP contribution in [0.5, 0.6) is 5.75 Å². The van der Waals surface area contributed by atoms with E-state index in [1.807, 2.05) is 24.3 Å². The number of phenolic OH excluding ortho intramolecular Hbond substituents is 1. The smallest absolute Gasteiger partial charge is 0.328 e. The van der Waals surface area contributed by atoms with Crippen LogP contribution in [0.15, 0.2) is 47.4 Å². The topological polar surface area (TPSA) is 154 Å². The summed E-state index contributed by atoms with van der Waals surface area (Å²) in [4.78, 5) is 26.6. The molecule has 1 saturated heterocycles. The Morgan fingerprint density at radius 3 is 2.50 bits per heavy atom. The Bertz CT molecular complexity index is 1280. The third-order valence-corrected chi connectivity index (χ3v) is 8.50. The summed E-state index contributed by atoms with van der Waals surface area (Å²) in [5.74, 6) is -1.56. The lowest BCUT2D eigenvalue weighted by Crippen LogP contribution is -2.47. The highest BCUT2D eigenvalue weighted by atomic mass is 32.2. The number of phenols is 1. The van der Waals surface area contributed by atoms with E-state index in [-0.39, 0.29) is 24.6 Å². The zero-order chi connectivity index (χ0) is 28.0. The molecule has 10 nitrogen and oxygen atoms in total. The molecule has 1 fully saturated rings. The average Bonchev–Trinajstić information content (AvgIpc) is 3.37. The Labute approximate surface area is 223 Å². The lowest BCUT2D eigenvalue weighted by atomic mass is 10.0. The van der Waals surface area contributed by atoms with Gasteiger partial charge in [-0.15, -0.1) is 0 Å². The molecule has 1 aliphatic heterocycles. The van der Waals surface area contributed by atoms with Gasteiger partial charge in [0.2, 0.25) is 15.9 Å². The number of hydrogen-bond donors (Lipinski definition) is 3. The zero-order valence-electron chi connectivity index (χ0n) is 22.0. The summed E-state index contributed by atoms with van der Waals surface area (Å²) < 4.78 is 33.6. The predicted octanol–water partition coefficient (Wildman–Crippen LogP) is 2.59. The molecule has 0 aliphatic carbocycles. The normalized spacial score (nSPS) is 15.7. The van der Waals surface area contributed by atoms with Crippen molar-refractivity contribution in [1.29, 1.82) is 5.41 Å². The Morgan fingerprint density at radius 1 is 1.21 bits per heavy atom. The van der Waals surface area contributed by atoms with E-state index in [9.17, 15) is 23.1 Å². The van der Waals surface area contributed by atoms with Crippen LogP contribution in [0.4, 0.5) is 0 Å². The highest BCUT2D eigenvalue weighted by Crippen LogP contribution is 2.28. The Hall–Kier alpha value is -3.44. The molecule has 2 aromatic carbocycles. The van der Waals surface area contributed by atoms with Gasteiger partial charge in [-0.1, -0.05) is 38.1 Å². The third kappa shape index (κ3) is 6.70. The minimum atomic E-state index is -4.38. The molecule has 4 N–H and O–H groups in total. The number of carbonyl (C=O) groups is 2. The van der Waals surface area contributed by atoms with Gasteiger partial charge in [-0.3, -0.25) is 10.2 Å². The van der Waals surface area contributed by atoms with E-state index in [0.29, 0.717) is 31.7 Å². The molecule has 0 unspecified atom stereocenters. The van der Waals surface area contributed by atoms with Crippen LogP contribution in [-0.2, 0) is 30.8 Å². The van der Waals surface area contributed by atoms with Crippen LogP contribution < -0.4 is 5.73 Å². The molecule has 0 bridgehead atoms.